The van der Waals surface area contributed by atoms with Crippen molar-refractivity contribution in [3.8, 4) is 0 Å². The van der Waals surface area contributed by atoms with Crippen molar-refractivity contribution in [2.75, 3.05) is 21.7 Å². The summed E-state index contributed by atoms with van der Waals surface area (Å²) >= 11 is 1.26. The van der Waals surface area contributed by atoms with Crippen LogP contribution in [0.1, 0.15) is 22.3 Å². The van der Waals surface area contributed by atoms with Crippen molar-refractivity contribution in [2.24, 2.45) is 0 Å². The number of carbonyl (C=O) groups is 1. The SMILES string of the molecule is Cc1ccc(Nc2nc(Nc3ccc(C)cc3)nc(SCC(=O)Nc3cc(C)cc(C)c3)n2)cc1. The van der Waals surface area contributed by atoms with Crippen LogP contribution in [0.2, 0.25) is 0 Å². The summed E-state index contributed by atoms with van der Waals surface area (Å²) in [6.07, 6.45) is 0. The van der Waals surface area contributed by atoms with Gasteiger partial charge in [0.05, 0.1) is 5.75 Å². The van der Waals surface area contributed by atoms with Crippen LogP contribution in [0, 0.1) is 27.7 Å². The number of hydrogen-bond donors (Lipinski definition) is 3. The van der Waals surface area contributed by atoms with Crippen LogP contribution in [-0.2, 0) is 4.79 Å². The van der Waals surface area contributed by atoms with E-state index in [1.54, 1.807) is 0 Å². The zero-order valence-corrected chi connectivity index (χ0v) is 21.0. The second kappa shape index (κ2) is 11.0. The maximum absolute atomic E-state index is 12.6. The van der Waals surface area contributed by atoms with E-state index in [1.807, 2.05) is 88.4 Å². The lowest BCUT2D eigenvalue weighted by Gasteiger charge is -2.11. The lowest BCUT2D eigenvalue weighted by molar-refractivity contribution is -0.113. The molecule has 4 aromatic rings. The second-order valence-corrected chi connectivity index (χ2v) is 9.40. The van der Waals surface area contributed by atoms with Gasteiger partial charge in [-0.3, -0.25) is 4.79 Å². The molecule has 0 bridgehead atoms. The number of amides is 1. The maximum Gasteiger partial charge on any atom is 0.234 e. The van der Waals surface area contributed by atoms with Gasteiger partial charge < -0.3 is 16.0 Å². The van der Waals surface area contributed by atoms with Crippen molar-refractivity contribution in [3.63, 3.8) is 0 Å². The standard InChI is InChI=1S/C27H28N6OS/c1-17-5-9-21(10-6-17)29-25-31-26(30-22-11-7-18(2)8-12-22)33-27(32-25)35-16-24(34)28-23-14-19(3)13-20(4)15-23/h5-15H,16H2,1-4H3,(H,28,34)(H2,29,30,31,32,33). The lowest BCUT2D eigenvalue weighted by atomic mass is 10.1. The number of nitrogens with zero attached hydrogens (tertiary/aromatic N) is 3. The first-order valence-corrected chi connectivity index (χ1v) is 12.3. The van der Waals surface area contributed by atoms with Crippen LogP contribution in [0.5, 0.6) is 0 Å². The number of carbonyl (C=O) groups excluding carboxylic acids is 1. The van der Waals surface area contributed by atoms with E-state index in [4.69, 9.17) is 0 Å². The number of rotatable bonds is 8. The summed E-state index contributed by atoms with van der Waals surface area (Å²) < 4.78 is 0. The van der Waals surface area contributed by atoms with Gasteiger partial charge in [-0.25, -0.2) is 0 Å². The molecule has 1 heterocycles. The predicted octanol–water partition coefficient (Wildman–Crippen LogP) is 6.32. The van der Waals surface area contributed by atoms with Crippen molar-refractivity contribution < 1.29 is 4.79 Å². The summed E-state index contributed by atoms with van der Waals surface area (Å²) in [7, 11) is 0. The highest BCUT2D eigenvalue weighted by molar-refractivity contribution is 7.99. The van der Waals surface area contributed by atoms with Crippen LogP contribution in [0.3, 0.4) is 0 Å². The van der Waals surface area contributed by atoms with Crippen molar-refractivity contribution in [1.29, 1.82) is 0 Å². The molecule has 3 N–H and O–H groups in total. The summed E-state index contributed by atoms with van der Waals surface area (Å²) in [5.41, 5.74) is 7.05. The topological polar surface area (TPSA) is 91.8 Å². The van der Waals surface area contributed by atoms with Crippen LogP contribution in [0.4, 0.5) is 29.0 Å². The minimum absolute atomic E-state index is 0.124. The summed E-state index contributed by atoms with van der Waals surface area (Å²) in [5, 5.41) is 9.86. The predicted molar refractivity (Wildman–Crippen MR) is 144 cm³/mol. The van der Waals surface area contributed by atoms with E-state index in [0.717, 1.165) is 28.2 Å². The van der Waals surface area contributed by atoms with Gasteiger partial charge >= 0.3 is 0 Å². The van der Waals surface area contributed by atoms with E-state index in [2.05, 4.69) is 37.0 Å². The third-order valence-electron chi connectivity index (χ3n) is 5.07. The Morgan fingerprint density at radius 3 is 1.63 bits per heavy atom. The number of anilines is 5. The van der Waals surface area contributed by atoms with Gasteiger partial charge in [0, 0.05) is 17.1 Å². The Morgan fingerprint density at radius 2 is 1.14 bits per heavy atom. The molecule has 7 nitrogen and oxygen atoms in total. The smallest absolute Gasteiger partial charge is 0.234 e. The molecule has 0 aliphatic heterocycles. The molecule has 1 amide bonds. The van der Waals surface area contributed by atoms with Crippen molar-refractivity contribution in [2.45, 2.75) is 32.9 Å². The lowest BCUT2D eigenvalue weighted by Crippen LogP contribution is -2.15. The molecular formula is C27H28N6OS. The monoisotopic (exact) mass is 484 g/mol. The largest absolute Gasteiger partial charge is 0.325 e. The van der Waals surface area contributed by atoms with Crippen LogP contribution in [-0.4, -0.2) is 26.6 Å². The molecule has 8 heteroatoms. The molecule has 0 aliphatic rings. The molecule has 0 unspecified atom stereocenters. The molecule has 0 fully saturated rings. The Labute approximate surface area is 209 Å². The first-order chi connectivity index (χ1) is 16.8. The fourth-order valence-electron chi connectivity index (χ4n) is 3.44. The van der Waals surface area contributed by atoms with E-state index in [1.165, 1.54) is 22.9 Å². The van der Waals surface area contributed by atoms with E-state index in [-0.39, 0.29) is 11.7 Å². The molecule has 0 spiro atoms. The highest BCUT2D eigenvalue weighted by Crippen LogP contribution is 2.22. The zero-order valence-electron chi connectivity index (χ0n) is 20.2. The van der Waals surface area contributed by atoms with Gasteiger partial charge in [0.25, 0.3) is 0 Å². The number of thioether (sulfide) groups is 1. The third-order valence-corrected chi connectivity index (χ3v) is 5.92. The molecule has 0 atom stereocenters. The van der Waals surface area contributed by atoms with Crippen molar-refractivity contribution in [1.82, 2.24) is 15.0 Å². The van der Waals surface area contributed by atoms with Gasteiger partial charge in [-0.2, -0.15) is 15.0 Å². The van der Waals surface area contributed by atoms with Gasteiger partial charge in [0.2, 0.25) is 17.8 Å². The molecule has 1 aromatic heterocycles. The summed E-state index contributed by atoms with van der Waals surface area (Å²) in [6.45, 7) is 8.09. The van der Waals surface area contributed by atoms with E-state index >= 15 is 0 Å². The summed E-state index contributed by atoms with van der Waals surface area (Å²) in [5.74, 6) is 0.846. The van der Waals surface area contributed by atoms with Crippen LogP contribution < -0.4 is 16.0 Å². The minimum atomic E-state index is -0.124. The molecule has 178 valence electrons. The molecule has 0 saturated heterocycles. The van der Waals surface area contributed by atoms with Crippen LogP contribution in [0.25, 0.3) is 0 Å². The number of benzene rings is 3. The van der Waals surface area contributed by atoms with Gasteiger partial charge in [-0.1, -0.05) is 53.2 Å². The second-order valence-electron chi connectivity index (χ2n) is 8.46. The minimum Gasteiger partial charge on any atom is -0.325 e. The number of nitrogens with one attached hydrogen (secondary N) is 3. The van der Waals surface area contributed by atoms with Crippen molar-refractivity contribution in [3.05, 3.63) is 89.0 Å². The van der Waals surface area contributed by atoms with Gasteiger partial charge in [0.15, 0.2) is 5.16 Å². The molecule has 4 rings (SSSR count). The molecule has 0 radical (unpaired) electrons. The number of hydrogen-bond acceptors (Lipinski definition) is 7. The zero-order chi connectivity index (χ0) is 24.8. The molecule has 0 aliphatic carbocycles. The first kappa shape index (κ1) is 24.2. The average molecular weight is 485 g/mol. The Kier molecular flexibility index (Phi) is 7.62. The van der Waals surface area contributed by atoms with Crippen LogP contribution >= 0.6 is 11.8 Å². The van der Waals surface area contributed by atoms with Gasteiger partial charge in [-0.05, 0) is 75.2 Å². The maximum atomic E-state index is 12.6. The van der Waals surface area contributed by atoms with Crippen LogP contribution in [0.15, 0.2) is 71.9 Å². The quantitative estimate of drug-likeness (QED) is 0.252. The van der Waals surface area contributed by atoms with E-state index in [9.17, 15) is 4.79 Å². The van der Waals surface area contributed by atoms with E-state index in [0.29, 0.717) is 17.1 Å². The molecule has 35 heavy (non-hydrogen) atoms. The highest BCUT2D eigenvalue weighted by Gasteiger charge is 2.11. The first-order valence-electron chi connectivity index (χ1n) is 11.3. The van der Waals surface area contributed by atoms with Gasteiger partial charge in [-0.15, -0.1) is 0 Å². The van der Waals surface area contributed by atoms with Crippen molar-refractivity contribution >= 4 is 46.6 Å². The average Bonchev–Trinajstić information content (AvgIpc) is 2.80. The molecule has 3 aromatic carbocycles. The Hall–Kier alpha value is -3.91. The fraction of sp³-hybridized carbons (Fsp3) is 0.185. The Bertz CT molecular complexity index is 1240. The normalized spacial score (nSPS) is 10.6. The summed E-state index contributed by atoms with van der Waals surface area (Å²) in [6, 6.07) is 21.9. The molecular weight excluding hydrogens is 456 g/mol. The highest BCUT2D eigenvalue weighted by atomic mass is 32.2. The number of aromatic nitrogens is 3. The Morgan fingerprint density at radius 1 is 0.657 bits per heavy atom. The third kappa shape index (κ3) is 7.28. The number of aryl methyl sites for hydroxylation is 4. The fourth-order valence-corrected chi connectivity index (χ4v) is 4.07. The summed E-state index contributed by atoms with van der Waals surface area (Å²) in [4.78, 5) is 26.2. The van der Waals surface area contributed by atoms with E-state index < -0.39 is 0 Å². The van der Waals surface area contributed by atoms with Gasteiger partial charge in [0.1, 0.15) is 0 Å². The Balaban J connectivity index is 1.51. The molecule has 0 saturated carbocycles.